The lowest BCUT2D eigenvalue weighted by Crippen LogP contribution is -2.41. The van der Waals surface area contributed by atoms with Crippen molar-refractivity contribution in [2.45, 2.75) is 0 Å². The second-order valence-corrected chi connectivity index (χ2v) is 7.85. The van der Waals surface area contributed by atoms with Crippen LogP contribution in [0.2, 0.25) is 0 Å². The Morgan fingerprint density at radius 2 is 1.23 bits per heavy atom. The van der Waals surface area contributed by atoms with Gasteiger partial charge in [-0.25, -0.2) is 13.9 Å². The summed E-state index contributed by atoms with van der Waals surface area (Å²) in [5.74, 6) is -0.540. The van der Waals surface area contributed by atoms with Crippen LogP contribution in [-0.4, -0.2) is 25.0 Å². The summed E-state index contributed by atoms with van der Waals surface area (Å²) in [5.41, 5.74) is -0.836. The number of nitrogens with zero attached hydrogens (tertiary/aromatic N) is 4. The van der Waals surface area contributed by atoms with E-state index in [2.05, 4.69) is 4.99 Å². The summed E-state index contributed by atoms with van der Waals surface area (Å²) in [6.45, 7) is 0. The van der Waals surface area contributed by atoms with Gasteiger partial charge in [0, 0.05) is 13.3 Å². The highest BCUT2D eigenvalue weighted by atomic mass is 16.3. The topological polar surface area (TPSA) is 98.6 Å². The Hall–Kier alpha value is -4.98. The lowest BCUT2D eigenvalue weighted by molar-refractivity contribution is 0.477. The molecule has 172 valence electrons. The average molecular weight is 464 g/mol. The molecule has 0 amide bonds. The molecular formula is C27H20N4O4. The second-order valence-electron chi connectivity index (χ2n) is 7.85. The molecule has 2 aromatic heterocycles. The highest BCUT2D eigenvalue weighted by molar-refractivity contribution is 5.94. The van der Waals surface area contributed by atoms with Gasteiger partial charge in [0.15, 0.2) is 0 Å². The van der Waals surface area contributed by atoms with Gasteiger partial charge in [-0.15, -0.1) is 0 Å². The van der Waals surface area contributed by atoms with Crippen LogP contribution in [0.1, 0.15) is 5.56 Å². The molecule has 2 heterocycles. The number of rotatable bonds is 4. The van der Waals surface area contributed by atoms with Crippen LogP contribution >= 0.6 is 0 Å². The molecule has 0 spiro atoms. The molecule has 8 nitrogen and oxygen atoms in total. The Morgan fingerprint density at radius 3 is 1.80 bits per heavy atom. The largest absolute Gasteiger partial charge is 0.506 e. The molecule has 0 unspecified atom stereocenters. The fraction of sp³-hybridized carbons (Fsp3) is 0.0370. The van der Waals surface area contributed by atoms with Gasteiger partial charge in [0.05, 0.1) is 17.1 Å². The van der Waals surface area contributed by atoms with E-state index in [0.29, 0.717) is 17.1 Å². The number of aromatic nitrogens is 3. The molecule has 5 rings (SSSR count). The number of benzene rings is 3. The van der Waals surface area contributed by atoms with Crippen molar-refractivity contribution in [1.82, 2.24) is 13.7 Å². The van der Waals surface area contributed by atoms with Crippen LogP contribution < -0.4 is 16.8 Å². The lowest BCUT2D eigenvalue weighted by atomic mass is 10.1. The quantitative estimate of drug-likeness (QED) is 0.413. The predicted octanol–water partition coefficient (Wildman–Crippen LogP) is 3.30. The van der Waals surface area contributed by atoms with E-state index in [-0.39, 0.29) is 16.6 Å². The van der Waals surface area contributed by atoms with Crippen molar-refractivity contribution >= 4 is 22.9 Å². The van der Waals surface area contributed by atoms with E-state index in [1.54, 1.807) is 84.9 Å². The molecule has 0 aliphatic rings. The van der Waals surface area contributed by atoms with E-state index >= 15 is 0 Å². The molecule has 0 aliphatic carbocycles. The van der Waals surface area contributed by atoms with Crippen molar-refractivity contribution < 1.29 is 5.11 Å². The zero-order valence-corrected chi connectivity index (χ0v) is 18.7. The first kappa shape index (κ1) is 21.8. The molecule has 0 saturated carbocycles. The van der Waals surface area contributed by atoms with Crippen LogP contribution in [0.4, 0.5) is 5.69 Å². The highest BCUT2D eigenvalue weighted by Gasteiger charge is 2.24. The Balaban J connectivity index is 1.94. The maximum absolute atomic E-state index is 13.7. The molecule has 0 saturated heterocycles. The Bertz CT molecular complexity index is 1750. The minimum atomic E-state index is -0.745. The number of aromatic hydroxyl groups is 1. The van der Waals surface area contributed by atoms with E-state index in [9.17, 15) is 19.5 Å². The number of hydrogen-bond donors (Lipinski definition) is 1. The first-order valence-corrected chi connectivity index (χ1v) is 10.8. The summed E-state index contributed by atoms with van der Waals surface area (Å²) in [6, 6.07) is 26.0. The van der Waals surface area contributed by atoms with Crippen molar-refractivity contribution in [3.05, 3.63) is 128 Å². The molecule has 0 radical (unpaired) electrons. The lowest BCUT2D eigenvalue weighted by Gasteiger charge is -2.18. The van der Waals surface area contributed by atoms with E-state index in [0.717, 1.165) is 4.57 Å². The minimum Gasteiger partial charge on any atom is -0.506 e. The smallest absolute Gasteiger partial charge is 0.341 e. The van der Waals surface area contributed by atoms with E-state index < -0.39 is 22.6 Å². The fourth-order valence-electron chi connectivity index (χ4n) is 4.02. The van der Waals surface area contributed by atoms with Gasteiger partial charge in [-0.2, -0.15) is 0 Å². The number of aryl methyl sites for hydroxylation is 1. The average Bonchev–Trinajstić information content (AvgIpc) is 2.89. The van der Waals surface area contributed by atoms with Gasteiger partial charge < -0.3 is 5.11 Å². The van der Waals surface area contributed by atoms with Crippen molar-refractivity contribution in [1.29, 1.82) is 0 Å². The summed E-state index contributed by atoms with van der Waals surface area (Å²) in [7, 11) is 1.45. The van der Waals surface area contributed by atoms with Crippen molar-refractivity contribution in [2.75, 3.05) is 0 Å². The monoisotopic (exact) mass is 464 g/mol. The minimum absolute atomic E-state index is 0.0160. The molecule has 1 N–H and O–H groups in total. The van der Waals surface area contributed by atoms with Gasteiger partial charge in [-0.05, 0) is 36.4 Å². The number of fused-ring (bicyclic) bond motifs is 1. The van der Waals surface area contributed by atoms with Gasteiger partial charge in [0.1, 0.15) is 22.3 Å². The molecule has 5 aromatic rings. The van der Waals surface area contributed by atoms with Gasteiger partial charge in [0.2, 0.25) is 0 Å². The highest BCUT2D eigenvalue weighted by Crippen LogP contribution is 2.24. The molecule has 3 aromatic carbocycles. The zero-order valence-electron chi connectivity index (χ0n) is 18.7. The van der Waals surface area contributed by atoms with Gasteiger partial charge in [0.25, 0.3) is 11.1 Å². The molecular weight excluding hydrogens is 444 g/mol. The zero-order chi connectivity index (χ0) is 24.5. The van der Waals surface area contributed by atoms with Crippen molar-refractivity contribution in [2.24, 2.45) is 12.0 Å². The van der Waals surface area contributed by atoms with E-state index in [4.69, 9.17) is 0 Å². The predicted molar refractivity (Wildman–Crippen MR) is 136 cm³/mol. The third kappa shape index (κ3) is 3.67. The van der Waals surface area contributed by atoms with E-state index in [1.165, 1.54) is 22.4 Å². The Labute approximate surface area is 198 Å². The van der Waals surface area contributed by atoms with Gasteiger partial charge >= 0.3 is 5.69 Å². The van der Waals surface area contributed by atoms with E-state index in [1.807, 2.05) is 6.07 Å². The Morgan fingerprint density at radius 1 is 0.714 bits per heavy atom. The van der Waals surface area contributed by atoms with Crippen LogP contribution in [0.15, 0.2) is 110 Å². The SMILES string of the molecule is Cn1c(=O)c(C=Nc2ccccc2)c(O)c2c(=O)n(-c3ccccc3)c(=O)n(-c3ccccc3)c21. The standard InChI is InChI=1S/C27H20N4O4/c1-29-24-22(23(32)21(25(29)33)17-28-18-11-5-2-6-12-18)26(34)31(20-15-9-4-10-16-20)27(35)30(24)19-13-7-3-8-14-19/h2-17,32H,1H3. The molecule has 35 heavy (non-hydrogen) atoms. The molecule has 0 fully saturated rings. The van der Waals surface area contributed by atoms with Crippen molar-refractivity contribution in [3.63, 3.8) is 0 Å². The number of pyridine rings is 1. The molecule has 0 bridgehead atoms. The second kappa shape index (κ2) is 8.75. The summed E-state index contributed by atoms with van der Waals surface area (Å²) in [6.07, 6.45) is 1.23. The fourth-order valence-corrected chi connectivity index (χ4v) is 4.02. The normalized spacial score (nSPS) is 11.3. The summed E-state index contributed by atoms with van der Waals surface area (Å²) < 4.78 is 3.42. The van der Waals surface area contributed by atoms with Crippen molar-refractivity contribution in [3.8, 4) is 17.1 Å². The van der Waals surface area contributed by atoms with Gasteiger partial charge in [-0.3, -0.25) is 19.1 Å². The molecule has 0 aliphatic heterocycles. The first-order chi connectivity index (χ1) is 17.0. The van der Waals surface area contributed by atoms with Gasteiger partial charge in [-0.1, -0.05) is 54.6 Å². The summed E-state index contributed by atoms with van der Waals surface area (Å²) >= 11 is 0. The number of hydrogen-bond acceptors (Lipinski definition) is 5. The van der Waals surface area contributed by atoms with Crippen LogP contribution in [0, 0.1) is 0 Å². The summed E-state index contributed by atoms with van der Waals surface area (Å²) in [4.78, 5) is 44.9. The third-order valence-electron chi connectivity index (χ3n) is 5.71. The van der Waals surface area contributed by atoms with Crippen LogP contribution in [-0.2, 0) is 7.05 Å². The number of aliphatic imine (C=N–C) groups is 1. The third-order valence-corrected chi connectivity index (χ3v) is 5.71. The Kier molecular flexibility index (Phi) is 5.46. The van der Waals surface area contributed by atoms with Crippen LogP contribution in [0.3, 0.4) is 0 Å². The van der Waals surface area contributed by atoms with Crippen LogP contribution in [0.25, 0.3) is 22.4 Å². The first-order valence-electron chi connectivity index (χ1n) is 10.8. The molecule has 8 heteroatoms. The summed E-state index contributed by atoms with van der Waals surface area (Å²) in [5, 5.41) is 11.0. The maximum atomic E-state index is 13.7. The maximum Gasteiger partial charge on any atom is 0.341 e. The number of para-hydroxylation sites is 3. The van der Waals surface area contributed by atoms with Crippen LogP contribution in [0.5, 0.6) is 5.75 Å². The molecule has 0 atom stereocenters.